The minimum absolute atomic E-state index is 0.241. The number of nitriles is 1. The van der Waals surface area contributed by atoms with Gasteiger partial charge < -0.3 is 5.11 Å². The van der Waals surface area contributed by atoms with E-state index in [1.165, 1.54) is 12.3 Å². The third-order valence-electron chi connectivity index (χ3n) is 1.77. The molecule has 4 heteroatoms. The molecule has 1 aromatic heterocycles. The standard InChI is InChI=1S/C9H8N2O2/c1-6(9(12)13)7-2-3-11-8(4-7)5-10/h2-4,6H,1H3,(H,12,13). The van der Waals surface area contributed by atoms with Gasteiger partial charge in [0.2, 0.25) is 0 Å². The molecule has 66 valence electrons. The summed E-state index contributed by atoms with van der Waals surface area (Å²) in [7, 11) is 0. The van der Waals surface area contributed by atoms with Gasteiger partial charge in [0.05, 0.1) is 5.92 Å². The number of aliphatic carboxylic acids is 1. The maximum Gasteiger partial charge on any atom is 0.310 e. The predicted molar refractivity (Wildman–Crippen MR) is 45.0 cm³/mol. The molecule has 1 heterocycles. The maximum atomic E-state index is 10.6. The van der Waals surface area contributed by atoms with Crippen molar-refractivity contribution in [3.8, 4) is 6.07 Å². The van der Waals surface area contributed by atoms with Crippen molar-refractivity contribution in [3.05, 3.63) is 29.6 Å². The molecule has 0 aliphatic rings. The van der Waals surface area contributed by atoms with E-state index in [2.05, 4.69) is 4.98 Å². The number of nitrogens with zero attached hydrogens (tertiary/aromatic N) is 2. The van der Waals surface area contributed by atoms with Gasteiger partial charge in [-0.25, -0.2) is 4.98 Å². The summed E-state index contributed by atoms with van der Waals surface area (Å²) >= 11 is 0. The number of hydrogen-bond acceptors (Lipinski definition) is 3. The normalized spacial score (nSPS) is 11.7. The first-order valence-electron chi connectivity index (χ1n) is 3.74. The van der Waals surface area contributed by atoms with Crippen LogP contribution in [0.5, 0.6) is 0 Å². The van der Waals surface area contributed by atoms with Crippen LogP contribution < -0.4 is 0 Å². The van der Waals surface area contributed by atoms with Crippen LogP contribution in [0.25, 0.3) is 0 Å². The molecule has 1 unspecified atom stereocenters. The highest BCUT2D eigenvalue weighted by molar-refractivity contribution is 5.75. The van der Waals surface area contributed by atoms with E-state index in [4.69, 9.17) is 10.4 Å². The molecule has 1 atom stereocenters. The fraction of sp³-hybridized carbons (Fsp3) is 0.222. The van der Waals surface area contributed by atoms with E-state index < -0.39 is 11.9 Å². The van der Waals surface area contributed by atoms with Gasteiger partial charge in [-0.3, -0.25) is 4.79 Å². The molecular weight excluding hydrogens is 168 g/mol. The van der Waals surface area contributed by atoms with Crippen LogP contribution in [0.3, 0.4) is 0 Å². The van der Waals surface area contributed by atoms with Crippen molar-refractivity contribution in [1.82, 2.24) is 4.98 Å². The van der Waals surface area contributed by atoms with Crippen LogP contribution in [0.1, 0.15) is 24.1 Å². The SMILES string of the molecule is CC(C(=O)O)c1ccnc(C#N)c1. The lowest BCUT2D eigenvalue weighted by molar-refractivity contribution is -0.138. The highest BCUT2D eigenvalue weighted by Gasteiger charge is 2.13. The first-order valence-corrected chi connectivity index (χ1v) is 3.74. The summed E-state index contributed by atoms with van der Waals surface area (Å²) < 4.78 is 0. The molecule has 1 rings (SSSR count). The van der Waals surface area contributed by atoms with Gasteiger partial charge in [-0.15, -0.1) is 0 Å². The van der Waals surface area contributed by atoms with Gasteiger partial charge in [0, 0.05) is 6.20 Å². The summed E-state index contributed by atoms with van der Waals surface area (Å²) in [5.74, 6) is -1.51. The fourth-order valence-electron chi connectivity index (χ4n) is 0.920. The smallest absolute Gasteiger partial charge is 0.310 e. The topological polar surface area (TPSA) is 74.0 Å². The van der Waals surface area contributed by atoms with Crippen LogP contribution in [0.2, 0.25) is 0 Å². The van der Waals surface area contributed by atoms with E-state index in [-0.39, 0.29) is 5.69 Å². The number of rotatable bonds is 2. The Kier molecular flexibility index (Phi) is 2.60. The Balaban J connectivity index is 3.03. The average molecular weight is 176 g/mol. The molecule has 0 saturated heterocycles. The Morgan fingerprint density at radius 2 is 2.46 bits per heavy atom. The summed E-state index contributed by atoms with van der Waals surface area (Å²) in [4.78, 5) is 14.3. The summed E-state index contributed by atoms with van der Waals surface area (Å²) in [6.07, 6.45) is 1.44. The van der Waals surface area contributed by atoms with Crippen LogP contribution >= 0.6 is 0 Å². The summed E-state index contributed by atoms with van der Waals surface area (Å²) in [5, 5.41) is 17.2. The lowest BCUT2D eigenvalue weighted by Crippen LogP contribution is -2.07. The van der Waals surface area contributed by atoms with Crippen molar-refractivity contribution in [2.45, 2.75) is 12.8 Å². The summed E-state index contributed by atoms with van der Waals surface area (Å²) in [6.45, 7) is 1.57. The van der Waals surface area contributed by atoms with Crippen molar-refractivity contribution >= 4 is 5.97 Å². The molecule has 13 heavy (non-hydrogen) atoms. The lowest BCUT2D eigenvalue weighted by Gasteiger charge is -2.04. The second kappa shape index (κ2) is 3.68. The zero-order chi connectivity index (χ0) is 9.84. The summed E-state index contributed by atoms with van der Waals surface area (Å²) in [5.41, 5.74) is 0.838. The lowest BCUT2D eigenvalue weighted by atomic mass is 10.0. The van der Waals surface area contributed by atoms with Crippen LogP contribution in [0.4, 0.5) is 0 Å². The van der Waals surface area contributed by atoms with Crippen LogP contribution in [-0.2, 0) is 4.79 Å². The third kappa shape index (κ3) is 2.03. The molecule has 0 saturated carbocycles. The molecule has 1 aromatic rings. The van der Waals surface area contributed by atoms with E-state index in [0.717, 1.165) is 0 Å². The number of pyridine rings is 1. The van der Waals surface area contributed by atoms with Crippen molar-refractivity contribution in [2.24, 2.45) is 0 Å². The van der Waals surface area contributed by atoms with Crippen molar-refractivity contribution < 1.29 is 9.90 Å². The highest BCUT2D eigenvalue weighted by Crippen LogP contribution is 2.14. The fourth-order valence-corrected chi connectivity index (χ4v) is 0.920. The number of carboxylic acids is 1. The van der Waals surface area contributed by atoms with E-state index in [1.807, 2.05) is 6.07 Å². The second-order valence-electron chi connectivity index (χ2n) is 2.65. The number of carboxylic acid groups (broad SMARTS) is 1. The van der Waals surface area contributed by atoms with Crippen LogP contribution in [0.15, 0.2) is 18.3 Å². The first-order chi connectivity index (χ1) is 6.15. The quantitative estimate of drug-likeness (QED) is 0.733. The molecule has 0 aromatic carbocycles. The zero-order valence-corrected chi connectivity index (χ0v) is 7.06. The van der Waals surface area contributed by atoms with E-state index in [0.29, 0.717) is 5.56 Å². The monoisotopic (exact) mass is 176 g/mol. The molecule has 4 nitrogen and oxygen atoms in total. The average Bonchev–Trinajstić information content (AvgIpc) is 2.16. The minimum atomic E-state index is -0.907. The van der Waals surface area contributed by atoms with Gasteiger partial charge in [0.1, 0.15) is 11.8 Å². The van der Waals surface area contributed by atoms with E-state index >= 15 is 0 Å². The molecule has 0 amide bonds. The first kappa shape index (κ1) is 9.20. The number of carbonyl (C=O) groups is 1. The van der Waals surface area contributed by atoms with Gasteiger partial charge in [-0.1, -0.05) is 0 Å². The van der Waals surface area contributed by atoms with Gasteiger partial charge in [-0.2, -0.15) is 5.26 Å². The Morgan fingerprint density at radius 3 is 3.00 bits per heavy atom. The van der Waals surface area contributed by atoms with Gasteiger partial charge in [-0.05, 0) is 24.6 Å². The van der Waals surface area contributed by atoms with Crippen molar-refractivity contribution in [3.63, 3.8) is 0 Å². The molecule has 0 radical (unpaired) electrons. The Bertz CT molecular complexity index is 368. The van der Waals surface area contributed by atoms with Crippen molar-refractivity contribution in [2.75, 3.05) is 0 Å². The molecule has 0 fully saturated rings. The Hall–Kier alpha value is -1.89. The molecule has 0 bridgehead atoms. The molecule has 0 spiro atoms. The Morgan fingerprint density at radius 1 is 1.77 bits per heavy atom. The Labute approximate surface area is 75.5 Å². The molecule has 1 N–H and O–H groups in total. The third-order valence-corrected chi connectivity index (χ3v) is 1.77. The van der Waals surface area contributed by atoms with Gasteiger partial charge in [0.25, 0.3) is 0 Å². The predicted octanol–water partition coefficient (Wildman–Crippen LogP) is 1.14. The largest absolute Gasteiger partial charge is 0.481 e. The molecule has 0 aliphatic heterocycles. The van der Waals surface area contributed by atoms with Gasteiger partial charge in [0.15, 0.2) is 0 Å². The maximum absolute atomic E-state index is 10.6. The van der Waals surface area contributed by atoms with Crippen LogP contribution in [0, 0.1) is 11.3 Å². The molecule has 0 aliphatic carbocycles. The van der Waals surface area contributed by atoms with Gasteiger partial charge >= 0.3 is 5.97 Å². The number of hydrogen-bond donors (Lipinski definition) is 1. The number of aromatic nitrogens is 1. The zero-order valence-electron chi connectivity index (χ0n) is 7.06. The van der Waals surface area contributed by atoms with E-state index in [9.17, 15) is 4.79 Å². The van der Waals surface area contributed by atoms with E-state index in [1.54, 1.807) is 13.0 Å². The molecular formula is C9H8N2O2. The van der Waals surface area contributed by atoms with Crippen molar-refractivity contribution in [1.29, 1.82) is 5.26 Å². The van der Waals surface area contributed by atoms with Crippen LogP contribution in [-0.4, -0.2) is 16.1 Å². The highest BCUT2D eigenvalue weighted by atomic mass is 16.4. The second-order valence-corrected chi connectivity index (χ2v) is 2.65. The summed E-state index contributed by atoms with van der Waals surface area (Å²) in [6, 6.07) is 4.94. The minimum Gasteiger partial charge on any atom is -0.481 e.